The first kappa shape index (κ1) is 21.0. The van der Waals surface area contributed by atoms with E-state index in [-0.39, 0.29) is 30.0 Å². The molecule has 0 spiro atoms. The van der Waals surface area contributed by atoms with Gasteiger partial charge in [0.2, 0.25) is 0 Å². The molecule has 0 unspecified atom stereocenters. The summed E-state index contributed by atoms with van der Waals surface area (Å²) in [6.07, 6.45) is 0. The van der Waals surface area contributed by atoms with Gasteiger partial charge >= 0.3 is 12.0 Å². The number of ether oxygens (including phenoxy) is 2. The molecule has 1 aliphatic heterocycles. The summed E-state index contributed by atoms with van der Waals surface area (Å²) in [6.45, 7) is 1.67. The van der Waals surface area contributed by atoms with Gasteiger partial charge in [0, 0.05) is 0 Å². The average Bonchev–Trinajstić information content (AvgIpc) is 2.81. The van der Waals surface area contributed by atoms with Gasteiger partial charge in [0.1, 0.15) is 11.3 Å². The Hall–Kier alpha value is -4.21. The van der Waals surface area contributed by atoms with E-state index in [9.17, 15) is 14.4 Å². The Morgan fingerprint density at radius 1 is 1.12 bits per heavy atom. The molecular weight excluding hydrogens is 414 g/mol. The second-order valence-corrected chi connectivity index (χ2v) is 6.99. The van der Waals surface area contributed by atoms with Crippen molar-refractivity contribution in [2.24, 2.45) is 0 Å². The molecule has 1 atom stereocenters. The highest BCUT2D eigenvalue weighted by Crippen LogP contribution is 2.29. The number of nitrogens with zero attached hydrogens (tertiary/aromatic N) is 3. The third-order valence-corrected chi connectivity index (χ3v) is 5.04. The number of nitrogens with one attached hydrogen (secondary N) is 2. The number of urea groups is 1. The van der Waals surface area contributed by atoms with E-state index in [1.54, 1.807) is 62.6 Å². The molecule has 0 saturated heterocycles. The molecule has 0 fully saturated rings. The van der Waals surface area contributed by atoms with Crippen LogP contribution in [0.25, 0.3) is 10.9 Å². The fourth-order valence-corrected chi connectivity index (χ4v) is 3.52. The number of amides is 2. The molecule has 10 heteroatoms. The normalized spacial score (nSPS) is 15.8. The van der Waals surface area contributed by atoms with E-state index in [1.165, 1.54) is 0 Å². The summed E-state index contributed by atoms with van der Waals surface area (Å²) < 4.78 is 11.5. The van der Waals surface area contributed by atoms with Crippen LogP contribution in [-0.2, 0) is 16.1 Å². The Balaban J connectivity index is 1.81. The summed E-state index contributed by atoms with van der Waals surface area (Å²) in [5.74, 6) is 0.0199. The molecule has 2 amide bonds. The third-order valence-electron chi connectivity index (χ3n) is 5.04. The number of allylic oxidation sites excluding steroid dienone is 1. The molecule has 0 bridgehead atoms. The van der Waals surface area contributed by atoms with Crippen molar-refractivity contribution in [1.29, 1.82) is 0 Å². The quantitative estimate of drug-likeness (QED) is 0.564. The molecule has 2 aromatic carbocycles. The van der Waals surface area contributed by atoms with Crippen molar-refractivity contribution >= 4 is 22.9 Å². The molecule has 10 nitrogen and oxygen atoms in total. The minimum atomic E-state index is -0.784. The molecule has 2 heterocycles. The van der Waals surface area contributed by atoms with E-state index >= 15 is 0 Å². The van der Waals surface area contributed by atoms with Gasteiger partial charge in [0.25, 0.3) is 5.56 Å². The van der Waals surface area contributed by atoms with Crippen molar-refractivity contribution in [3.63, 3.8) is 0 Å². The van der Waals surface area contributed by atoms with Crippen LogP contribution in [0.5, 0.6) is 5.75 Å². The molecule has 32 heavy (non-hydrogen) atoms. The fraction of sp³-hybridized carbons (Fsp3) is 0.227. The van der Waals surface area contributed by atoms with E-state index in [4.69, 9.17) is 9.47 Å². The summed E-state index contributed by atoms with van der Waals surface area (Å²) in [5.41, 5.74) is 1.11. The zero-order valence-corrected chi connectivity index (χ0v) is 17.5. The fourth-order valence-electron chi connectivity index (χ4n) is 3.52. The Morgan fingerprint density at radius 2 is 1.88 bits per heavy atom. The van der Waals surface area contributed by atoms with Crippen molar-refractivity contribution in [1.82, 2.24) is 25.6 Å². The van der Waals surface area contributed by atoms with Gasteiger partial charge in [0.15, 0.2) is 0 Å². The lowest BCUT2D eigenvalue weighted by molar-refractivity contribution is -0.139. The van der Waals surface area contributed by atoms with E-state index in [0.29, 0.717) is 22.2 Å². The lowest BCUT2D eigenvalue weighted by Crippen LogP contribution is -2.47. The summed E-state index contributed by atoms with van der Waals surface area (Å²) >= 11 is 0. The number of methoxy groups -OCH3 is 1. The first-order valence-corrected chi connectivity index (χ1v) is 9.96. The van der Waals surface area contributed by atoms with Crippen LogP contribution in [0.15, 0.2) is 64.6 Å². The highest BCUT2D eigenvalue weighted by molar-refractivity contribution is 5.95. The summed E-state index contributed by atoms with van der Waals surface area (Å²) in [4.78, 5) is 38.2. The van der Waals surface area contributed by atoms with Gasteiger partial charge in [-0.05, 0) is 36.8 Å². The predicted octanol–water partition coefficient (Wildman–Crippen LogP) is 1.67. The van der Waals surface area contributed by atoms with Gasteiger partial charge in [-0.2, -0.15) is 0 Å². The number of esters is 1. The first-order valence-electron chi connectivity index (χ1n) is 9.96. The van der Waals surface area contributed by atoms with E-state index in [1.807, 2.05) is 0 Å². The molecule has 1 aromatic heterocycles. The maximum absolute atomic E-state index is 12.9. The van der Waals surface area contributed by atoms with Crippen LogP contribution < -0.4 is 20.9 Å². The summed E-state index contributed by atoms with van der Waals surface area (Å²) in [7, 11) is 1.55. The van der Waals surface area contributed by atoms with Crippen LogP contribution in [0.3, 0.4) is 0 Å². The van der Waals surface area contributed by atoms with Gasteiger partial charge in [-0.1, -0.05) is 29.5 Å². The van der Waals surface area contributed by atoms with Gasteiger partial charge in [0.05, 0.1) is 43.0 Å². The lowest BCUT2D eigenvalue weighted by Gasteiger charge is -2.29. The molecular formula is C22H21N5O5. The summed E-state index contributed by atoms with van der Waals surface area (Å²) in [6, 6.07) is 12.5. The maximum Gasteiger partial charge on any atom is 0.338 e. The second kappa shape index (κ2) is 8.88. The SMILES string of the molecule is CCOC(=O)C1=C(Cn2nnc3ccccc3c2=O)NC(=O)N[C@H]1c1ccc(OC)cc1. The number of hydrogen-bond acceptors (Lipinski definition) is 7. The topological polar surface area (TPSA) is 124 Å². The molecule has 3 aromatic rings. The minimum absolute atomic E-state index is 0.147. The average molecular weight is 435 g/mol. The van der Waals surface area contributed by atoms with Crippen molar-refractivity contribution < 1.29 is 19.1 Å². The van der Waals surface area contributed by atoms with Crippen LogP contribution in [0.1, 0.15) is 18.5 Å². The number of hydrogen-bond donors (Lipinski definition) is 2. The third kappa shape index (κ3) is 4.02. The highest BCUT2D eigenvalue weighted by atomic mass is 16.5. The zero-order valence-electron chi connectivity index (χ0n) is 17.5. The molecule has 0 radical (unpaired) electrons. The molecule has 164 valence electrons. The minimum Gasteiger partial charge on any atom is -0.497 e. The number of benzene rings is 2. The van der Waals surface area contributed by atoms with Gasteiger partial charge < -0.3 is 20.1 Å². The van der Waals surface area contributed by atoms with E-state index in [0.717, 1.165) is 4.68 Å². The van der Waals surface area contributed by atoms with Crippen molar-refractivity contribution in [3.05, 3.63) is 75.7 Å². The Morgan fingerprint density at radius 3 is 2.59 bits per heavy atom. The Kier molecular flexibility index (Phi) is 5.84. The van der Waals surface area contributed by atoms with Crippen LogP contribution >= 0.6 is 0 Å². The van der Waals surface area contributed by atoms with Crippen LogP contribution in [-0.4, -0.2) is 40.7 Å². The molecule has 2 N–H and O–H groups in total. The molecule has 0 aliphatic carbocycles. The first-order chi connectivity index (χ1) is 15.5. The number of aromatic nitrogens is 3. The van der Waals surface area contributed by atoms with Gasteiger partial charge in [-0.3, -0.25) is 4.79 Å². The Labute approximate surface area is 182 Å². The number of rotatable bonds is 6. The van der Waals surface area contributed by atoms with Gasteiger partial charge in [-0.25, -0.2) is 14.3 Å². The van der Waals surface area contributed by atoms with Crippen molar-refractivity contribution in [2.75, 3.05) is 13.7 Å². The molecule has 4 rings (SSSR count). The lowest BCUT2D eigenvalue weighted by atomic mass is 9.95. The van der Waals surface area contributed by atoms with Gasteiger partial charge in [-0.15, -0.1) is 5.10 Å². The standard InChI is InChI=1S/C22H21N5O5/c1-3-32-21(29)18-17(12-27-20(28)15-6-4-5-7-16(15)25-26-27)23-22(30)24-19(18)13-8-10-14(31-2)11-9-13/h4-11,19H,3,12H2,1-2H3,(H2,23,24,30)/t19-/m0/s1. The number of carbonyl (C=O) groups excluding carboxylic acids is 2. The van der Waals surface area contributed by atoms with Crippen molar-refractivity contribution in [3.8, 4) is 5.75 Å². The van der Waals surface area contributed by atoms with E-state index < -0.39 is 18.0 Å². The molecule has 1 aliphatic rings. The monoisotopic (exact) mass is 435 g/mol. The Bertz CT molecular complexity index is 1270. The van der Waals surface area contributed by atoms with Crippen molar-refractivity contribution in [2.45, 2.75) is 19.5 Å². The second-order valence-electron chi connectivity index (χ2n) is 6.99. The smallest absolute Gasteiger partial charge is 0.338 e. The number of carbonyl (C=O) groups is 2. The zero-order chi connectivity index (χ0) is 22.7. The largest absolute Gasteiger partial charge is 0.497 e. The van der Waals surface area contributed by atoms with Crippen LogP contribution in [0.4, 0.5) is 4.79 Å². The van der Waals surface area contributed by atoms with Crippen LogP contribution in [0, 0.1) is 0 Å². The predicted molar refractivity (Wildman–Crippen MR) is 115 cm³/mol. The summed E-state index contributed by atoms with van der Waals surface area (Å²) in [5, 5.41) is 13.8. The molecule has 0 saturated carbocycles. The highest BCUT2D eigenvalue weighted by Gasteiger charge is 2.34. The van der Waals surface area contributed by atoms with Crippen LogP contribution in [0.2, 0.25) is 0 Å². The maximum atomic E-state index is 12.9. The number of fused-ring (bicyclic) bond motifs is 1. The van der Waals surface area contributed by atoms with E-state index in [2.05, 4.69) is 20.9 Å².